The van der Waals surface area contributed by atoms with Gasteiger partial charge < -0.3 is 5.32 Å². The second-order valence-electron chi connectivity index (χ2n) is 4.11. The molecule has 0 spiro atoms. The number of carbonyl (C=O) groups excluding carboxylic acids is 1. The zero-order valence-corrected chi connectivity index (χ0v) is 12.8. The van der Waals surface area contributed by atoms with Crippen molar-refractivity contribution in [2.75, 3.05) is 0 Å². The number of nitrogens with zero attached hydrogens (tertiary/aromatic N) is 1. The normalized spacial score (nSPS) is 10.3. The van der Waals surface area contributed by atoms with Gasteiger partial charge in [-0.2, -0.15) is 0 Å². The number of nitrogens with one attached hydrogen (secondary N) is 1. The molecule has 1 aromatic heterocycles. The summed E-state index contributed by atoms with van der Waals surface area (Å²) in [5, 5.41) is 2.85. The van der Waals surface area contributed by atoms with Gasteiger partial charge in [-0.05, 0) is 36.8 Å². The molecule has 1 N–H and O–H groups in total. The molecule has 0 bridgehead atoms. The molecule has 0 aliphatic carbocycles. The van der Waals surface area contributed by atoms with Crippen LogP contribution in [0.1, 0.15) is 21.6 Å². The SMILES string of the molecule is Cc1cccnc1CNC(=O)c1ccc(Br)cc1S. The average molecular weight is 337 g/mol. The van der Waals surface area contributed by atoms with Gasteiger partial charge >= 0.3 is 0 Å². The Morgan fingerprint density at radius 3 is 2.89 bits per heavy atom. The van der Waals surface area contributed by atoms with Gasteiger partial charge in [-0.15, -0.1) is 12.6 Å². The number of aromatic nitrogens is 1. The molecule has 0 fully saturated rings. The van der Waals surface area contributed by atoms with Crippen LogP contribution >= 0.6 is 28.6 Å². The Hall–Kier alpha value is -1.33. The van der Waals surface area contributed by atoms with E-state index in [2.05, 4.69) is 38.9 Å². The molecule has 0 atom stereocenters. The number of rotatable bonds is 3. The summed E-state index contributed by atoms with van der Waals surface area (Å²) in [5.74, 6) is -0.150. The van der Waals surface area contributed by atoms with Gasteiger partial charge in [0.15, 0.2) is 0 Å². The first-order chi connectivity index (χ1) is 9.08. The maximum Gasteiger partial charge on any atom is 0.252 e. The summed E-state index contributed by atoms with van der Waals surface area (Å²) in [7, 11) is 0. The Kier molecular flexibility index (Phi) is 4.61. The van der Waals surface area contributed by atoms with Gasteiger partial charge in [-0.1, -0.05) is 22.0 Å². The third-order valence-corrected chi connectivity index (χ3v) is 3.60. The van der Waals surface area contributed by atoms with Crippen molar-refractivity contribution in [3.63, 3.8) is 0 Å². The number of carbonyl (C=O) groups is 1. The van der Waals surface area contributed by atoms with Crippen molar-refractivity contribution in [2.45, 2.75) is 18.4 Å². The summed E-state index contributed by atoms with van der Waals surface area (Å²) >= 11 is 7.64. The Bertz CT molecular complexity index is 616. The topological polar surface area (TPSA) is 42.0 Å². The maximum absolute atomic E-state index is 12.1. The predicted octanol–water partition coefficient (Wildman–Crippen LogP) is 3.37. The zero-order valence-electron chi connectivity index (χ0n) is 10.4. The maximum atomic E-state index is 12.1. The van der Waals surface area contributed by atoms with Crippen LogP contribution in [0.2, 0.25) is 0 Å². The van der Waals surface area contributed by atoms with Crippen LogP contribution in [-0.4, -0.2) is 10.9 Å². The Labute approximate surface area is 126 Å². The smallest absolute Gasteiger partial charge is 0.252 e. The summed E-state index contributed by atoms with van der Waals surface area (Å²) in [5.41, 5.74) is 2.48. The summed E-state index contributed by atoms with van der Waals surface area (Å²) < 4.78 is 0.898. The van der Waals surface area contributed by atoms with E-state index in [1.165, 1.54) is 0 Å². The molecule has 0 saturated carbocycles. The lowest BCUT2D eigenvalue weighted by Gasteiger charge is -2.08. The summed E-state index contributed by atoms with van der Waals surface area (Å²) in [6, 6.07) is 9.21. The van der Waals surface area contributed by atoms with E-state index < -0.39 is 0 Å². The fraction of sp³-hybridized carbons (Fsp3) is 0.143. The van der Waals surface area contributed by atoms with Gasteiger partial charge in [-0.3, -0.25) is 9.78 Å². The number of benzene rings is 1. The van der Waals surface area contributed by atoms with E-state index in [-0.39, 0.29) is 5.91 Å². The Morgan fingerprint density at radius 2 is 2.21 bits per heavy atom. The average Bonchev–Trinajstić information content (AvgIpc) is 2.37. The molecule has 1 heterocycles. The molecule has 1 aromatic carbocycles. The van der Waals surface area contributed by atoms with E-state index in [1.54, 1.807) is 18.3 Å². The number of pyridine rings is 1. The van der Waals surface area contributed by atoms with Crippen LogP contribution in [-0.2, 0) is 6.54 Å². The van der Waals surface area contributed by atoms with Crippen LogP contribution in [0.25, 0.3) is 0 Å². The van der Waals surface area contributed by atoms with Crippen LogP contribution < -0.4 is 5.32 Å². The first-order valence-corrected chi connectivity index (χ1v) is 6.99. The molecular weight excluding hydrogens is 324 g/mol. The monoisotopic (exact) mass is 336 g/mol. The largest absolute Gasteiger partial charge is 0.346 e. The molecule has 5 heteroatoms. The van der Waals surface area contributed by atoms with E-state index in [0.717, 1.165) is 15.7 Å². The van der Waals surface area contributed by atoms with Crippen molar-refractivity contribution in [1.82, 2.24) is 10.3 Å². The van der Waals surface area contributed by atoms with Gasteiger partial charge in [0.05, 0.1) is 17.8 Å². The second kappa shape index (κ2) is 6.21. The van der Waals surface area contributed by atoms with E-state index in [4.69, 9.17) is 0 Å². The van der Waals surface area contributed by atoms with Gasteiger partial charge in [0.1, 0.15) is 0 Å². The zero-order chi connectivity index (χ0) is 13.8. The summed E-state index contributed by atoms with van der Waals surface area (Å²) in [6.07, 6.45) is 1.72. The van der Waals surface area contributed by atoms with Crippen molar-refractivity contribution < 1.29 is 4.79 Å². The first-order valence-electron chi connectivity index (χ1n) is 5.75. The van der Waals surface area contributed by atoms with Crippen LogP contribution in [0.5, 0.6) is 0 Å². The lowest BCUT2D eigenvalue weighted by Crippen LogP contribution is -2.24. The minimum absolute atomic E-state index is 0.150. The highest BCUT2D eigenvalue weighted by molar-refractivity contribution is 9.10. The molecular formula is C14H13BrN2OS. The highest BCUT2D eigenvalue weighted by atomic mass is 79.9. The highest BCUT2D eigenvalue weighted by Crippen LogP contribution is 2.19. The molecule has 0 saturated heterocycles. The fourth-order valence-electron chi connectivity index (χ4n) is 1.66. The Morgan fingerprint density at radius 1 is 1.42 bits per heavy atom. The van der Waals surface area contributed by atoms with Crippen molar-refractivity contribution >= 4 is 34.5 Å². The van der Waals surface area contributed by atoms with Crippen LogP contribution in [0.15, 0.2) is 45.9 Å². The van der Waals surface area contributed by atoms with Crippen molar-refractivity contribution in [3.05, 3.63) is 57.8 Å². The van der Waals surface area contributed by atoms with Crippen LogP contribution in [0.3, 0.4) is 0 Å². The molecule has 19 heavy (non-hydrogen) atoms. The van der Waals surface area contributed by atoms with Crippen LogP contribution in [0.4, 0.5) is 0 Å². The highest BCUT2D eigenvalue weighted by Gasteiger charge is 2.10. The van der Waals surface area contributed by atoms with Gasteiger partial charge in [0, 0.05) is 15.6 Å². The van der Waals surface area contributed by atoms with Crippen molar-refractivity contribution in [3.8, 4) is 0 Å². The lowest BCUT2D eigenvalue weighted by molar-refractivity contribution is 0.0947. The molecule has 3 nitrogen and oxygen atoms in total. The van der Waals surface area contributed by atoms with Gasteiger partial charge in [0.2, 0.25) is 0 Å². The molecule has 2 rings (SSSR count). The van der Waals surface area contributed by atoms with Gasteiger partial charge in [0.25, 0.3) is 5.91 Å². The molecule has 0 radical (unpaired) electrons. The molecule has 0 unspecified atom stereocenters. The molecule has 0 aliphatic heterocycles. The van der Waals surface area contributed by atoms with E-state index >= 15 is 0 Å². The van der Waals surface area contributed by atoms with Gasteiger partial charge in [-0.25, -0.2) is 0 Å². The minimum Gasteiger partial charge on any atom is -0.346 e. The summed E-state index contributed by atoms with van der Waals surface area (Å²) in [6.45, 7) is 2.38. The second-order valence-corrected chi connectivity index (χ2v) is 5.51. The number of hydrogen-bond donors (Lipinski definition) is 2. The number of halogens is 1. The number of hydrogen-bond acceptors (Lipinski definition) is 3. The first kappa shape index (κ1) is 14.1. The Balaban J connectivity index is 2.08. The molecule has 2 aromatic rings. The van der Waals surface area contributed by atoms with Crippen LogP contribution in [0, 0.1) is 6.92 Å². The third-order valence-electron chi connectivity index (χ3n) is 2.74. The van der Waals surface area contributed by atoms with Crippen molar-refractivity contribution in [2.24, 2.45) is 0 Å². The predicted molar refractivity (Wildman–Crippen MR) is 81.5 cm³/mol. The lowest BCUT2D eigenvalue weighted by atomic mass is 10.2. The fourth-order valence-corrected chi connectivity index (χ4v) is 2.51. The molecule has 1 amide bonds. The minimum atomic E-state index is -0.150. The summed E-state index contributed by atoms with van der Waals surface area (Å²) in [4.78, 5) is 16.9. The number of amides is 1. The molecule has 0 aliphatic rings. The third kappa shape index (κ3) is 3.58. The molecule has 98 valence electrons. The quantitative estimate of drug-likeness (QED) is 0.844. The number of thiol groups is 1. The van der Waals surface area contributed by atoms with E-state index in [0.29, 0.717) is 17.0 Å². The number of aryl methyl sites for hydroxylation is 1. The van der Waals surface area contributed by atoms with E-state index in [1.807, 2.05) is 25.1 Å². The van der Waals surface area contributed by atoms with E-state index in [9.17, 15) is 4.79 Å². The van der Waals surface area contributed by atoms with Crippen molar-refractivity contribution in [1.29, 1.82) is 0 Å². The standard InChI is InChI=1S/C14H13BrN2OS/c1-9-3-2-6-16-12(9)8-17-14(18)11-5-4-10(15)7-13(11)19/h2-7,19H,8H2,1H3,(H,17,18).